The zero-order valence-corrected chi connectivity index (χ0v) is 21.4. The molecule has 0 saturated heterocycles. The van der Waals surface area contributed by atoms with Crippen molar-refractivity contribution < 1.29 is 15.0 Å². The van der Waals surface area contributed by atoms with E-state index < -0.39 is 0 Å². The zero-order valence-electron chi connectivity index (χ0n) is 21.4. The summed E-state index contributed by atoms with van der Waals surface area (Å²) in [6, 6.07) is 0. The molecule has 1 amide bonds. The van der Waals surface area contributed by atoms with Crippen LogP contribution in [0.25, 0.3) is 0 Å². The van der Waals surface area contributed by atoms with Crippen LogP contribution in [0.5, 0.6) is 0 Å². The smallest absolute Gasteiger partial charge is 0.220 e. The van der Waals surface area contributed by atoms with Crippen molar-refractivity contribution in [3.05, 3.63) is 0 Å². The van der Waals surface area contributed by atoms with Gasteiger partial charge in [0.15, 0.2) is 0 Å². The number of carbonyl (C=O) groups is 1. The molecule has 0 spiro atoms. The van der Waals surface area contributed by atoms with Gasteiger partial charge in [0, 0.05) is 13.0 Å². The van der Waals surface area contributed by atoms with Crippen LogP contribution in [0.15, 0.2) is 0 Å². The minimum Gasteiger partial charge on any atom is -0.393 e. The van der Waals surface area contributed by atoms with Crippen LogP contribution in [0.3, 0.4) is 0 Å². The zero-order chi connectivity index (χ0) is 23.8. The highest BCUT2D eigenvalue weighted by atomic mass is 16.3. The summed E-state index contributed by atoms with van der Waals surface area (Å²) >= 11 is 0. The Balaban J connectivity index is 1.38. The number of unbranched alkanes of at least 4 members (excludes halogenated alkanes) is 1. The third-order valence-corrected chi connectivity index (χ3v) is 11.2. The Bertz CT molecular complexity index is 686. The summed E-state index contributed by atoms with van der Waals surface area (Å²) in [5.74, 6) is 3.73. The fourth-order valence-corrected chi connectivity index (χ4v) is 9.40. The predicted octanol–water partition coefficient (Wildman–Crippen LogP) is 4.25. The van der Waals surface area contributed by atoms with E-state index in [2.05, 4.69) is 26.1 Å². The Labute approximate surface area is 201 Å². The van der Waals surface area contributed by atoms with Crippen LogP contribution in [0, 0.1) is 46.3 Å². The molecule has 4 fully saturated rings. The lowest BCUT2D eigenvalue weighted by Gasteiger charge is -2.62. The van der Waals surface area contributed by atoms with Gasteiger partial charge in [0.2, 0.25) is 5.91 Å². The molecule has 0 aliphatic heterocycles. The largest absolute Gasteiger partial charge is 0.393 e. The standard InChI is InChI=1S/C28H50N2O3/c1-18(6-9-26(33)30-15-5-4-14-29)21-7-8-22-20-17-25(32)24-16-19(31)10-12-28(24,3)23(20)11-13-27(21,22)2/h18-25,31-32H,4-17,29H2,1-3H3,(H,30,33)/t18-,19-,20+,21-,22+,23+,24+,25+,27-,28-/m0/s1. The average molecular weight is 463 g/mol. The van der Waals surface area contributed by atoms with E-state index in [-0.39, 0.29) is 29.4 Å². The molecule has 4 saturated carbocycles. The quantitative estimate of drug-likeness (QED) is 0.406. The number of hydrogen-bond acceptors (Lipinski definition) is 4. The first-order valence-corrected chi connectivity index (χ1v) is 14.0. The van der Waals surface area contributed by atoms with Crippen molar-refractivity contribution in [2.45, 2.75) is 110 Å². The minimum absolute atomic E-state index is 0.189. The highest BCUT2D eigenvalue weighted by Crippen LogP contribution is 2.68. The monoisotopic (exact) mass is 462 g/mol. The number of hydrogen-bond donors (Lipinski definition) is 4. The molecule has 5 N–H and O–H groups in total. The van der Waals surface area contributed by atoms with Crippen molar-refractivity contribution in [2.75, 3.05) is 13.1 Å². The van der Waals surface area contributed by atoms with Gasteiger partial charge in [0.05, 0.1) is 12.2 Å². The third kappa shape index (κ3) is 4.76. The van der Waals surface area contributed by atoms with Gasteiger partial charge in [0.1, 0.15) is 0 Å². The Hall–Kier alpha value is -0.650. The van der Waals surface area contributed by atoms with E-state index in [0.717, 1.165) is 51.5 Å². The van der Waals surface area contributed by atoms with E-state index in [1.165, 1.54) is 25.7 Å². The van der Waals surface area contributed by atoms with Gasteiger partial charge in [-0.25, -0.2) is 0 Å². The molecular weight excluding hydrogens is 412 g/mol. The van der Waals surface area contributed by atoms with Crippen LogP contribution in [0.1, 0.15) is 97.8 Å². The summed E-state index contributed by atoms with van der Waals surface area (Å²) in [4.78, 5) is 12.3. The van der Waals surface area contributed by atoms with Gasteiger partial charge in [-0.05, 0) is 124 Å². The second-order valence-corrected chi connectivity index (χ2v) is 12.8. The van der Waals surface area contributed by atoms with E-state index in [1.807, 2.05) is 0 Å². The molecule has 0 aromatic carbocycles. The number of carbonyl (C=O) groups excluding carboxylic acids is 1. The summed E-state index contributed by atoms with van der Waals surface area (Å²) in [5, 5.41) is 24.5. The highest BCUT2D eigenvalue weighted by molar-refractivity contribution is 5.75. The highest BCUT2D eigenvalue weighted by Gasteiger charge is 2.62. The van der Waals surface area contributed by atoms with Crippen molar-refractivity contribution in [2.24, 2.45) is 52.1 Å². The van der Waals surface area contributed by atoms with Crippen LogP contribution in [-0.4, -0.2) is 41.4 Å². The number of aliphatic hydroxyl groups is 2. The maximum absolute atomic E-state index is 12.3. The maximum Gasteiger partial charge on any atom is 0.220 e. The molecule has 33 heavy (non-hydrogen) atoms. The fourth-order valence-electron chi connectivity index (χ4n) is 9.40. The number of amides is 1. The van der Waals surface area contributed by atoms with Gasteiger partial charge in [-0.1, -0.05) is 20.8 Å². The van der Waals surface area contributed by atoms with Crippen LogP contribution in [-0.2, 0) is 4.79 Å². The SMILES string of the molecule is C[C@@H](CCC(=O)NCCCCN)[C@@H]1CC[C@@H]2[C@H]3C[C@@H](O)[C@H]4C[C@@H](O)CC[C@@]4(C)[C@@H]3CC[C@]21C. The first kappa shape index (κ1) is 25.4. The number of aliphatic hydroxyl groups excluding tert-OH is 2. The van der Waals surface area contributed by atoms with Crippen LogP contribution >= 0.6 is 0 Å². The predicted molar refractivity (Wildman–Crippen MR) is 132 cm³/mol. The molecule has 4 aliphatic rings. The van der Waals surface area contributed by atoms with E-state index >= 15 is 0 Å². The topological polar surface area (TPSA) is 95.6 Å². The van der Waals surface area contributed by atoms with Gasteiger partial charge >= 0.3 is 0 Å². The van der Waals surface area contributed by atoms with E-state index in [4.69, 9.17) is 5.73 Å². The molecule has 0 bridgehead atoms. The van der Waals surface area contributed by atoms with Crippen molar-refractivity contribution in [1.29, 1.82) is 0 Å². The molecule has 0 radical (unpaired) electrons. The minimum atomic E-state index is -0.256. The first-order valence-electron chi connectivity index (χ1n) is 14.0. The van der Waals surface area contributed by atoms with Gasteiger partial charge in [0.25, 0.3) is 0 Å². The second kappa shape index (κ2) is 10.1. The summed E-state index contributed by atoms with van der Waals surface area (Å²) in [7, 11) is 0. The van der Waals surface area contributed by atoms with Crippen LogP contribution in [0.4, 0.5) is 0 Å². The summed E-state index contributed by atoms with van der Waals surface area (Å²) in [6.45, 7) is 8.79. The fraction of sp³-hybridized carbons (Fsp3) is 0.964. The van der Waals surface area contributed by atoms with Gasteiger partial charge in [-0.2, -0.15) is 0 Å². The lowest BCUT2D eigenvalue weighted by atomic mass is 9.44. The first-order chi connectivity index (χ1) is 15.7. The Morgan fingerprint density at radius 2 is 1.73 bits per heavy atom. The lowest BCUT2D eigenvalue weighted by Crippen LogP contribution is -2.58. The Kier molecular flexibility index (Phi) is 7.82. The van der Waals surface area contributed by atoms with Crippen LogP contribution < -0.4 is 11.1 Å². The van der Waals surface area contributed by atoms with E-state index in [0.29, 0.717) is 48.0 Å². The van der Waals surface area contributed by atoms with Crippen molar-refractivity contribution in [1.82, 2.24) is 5.32 Å². The molecule has 4 rings (SSSR count). The molecule has 5 heteroatoms. The van der Waals surface area contributed by atoms with Gasteiger partial charge < -0.3 is 21.3 Å². The van der Waals surface area contributed by atoms with Crippen molar-refractivity contribution >= 4 is 5.91 Å². The molecule has 0 heterocycles. The lowest BCUT2D eigenvalue weighted by molar-refractivity contribution is -0.172. The second-order valence-electron chi connectivity index (χ2n) is 12.8. The molecule has 0 aromatic rings. The average Bonchev–Trinajstić information content (AvgIpc) is 3.14. The molecular formula is C28H50N2O3. The number of nitrogens with two attached hydrogens (primary N) is 1. The number of fused-ring (bicyclic) bond motifs is 5. The normalized spacial score (nSPS) is 45.6. The molecule has 4 aliphatic carbocycles. The summed E-state index contributed by atoms with van der Waals surface area (Å²) in [5.41, 5.74) is 6.07. The third-order valence-electron chi connectivity index (χ3n) is 11.2. The molecule has 190 valence electrons. The molecule has 0 aromatic heterocycles. The summed E-state index contributed by atoms with van der Waals surface area (Å²) < 4.78 is 0. The van der Waals surface area contributed by atoms with Crippen LogP contribution in [0.2, 0.25) is 0 Å². The van der Waals surface area contributed by atoms with Crippen molar-refractivity contribution in [3.63, 3.8) is 0 Å². The molecule has 10 atom stereocenters. The van der Waals surface area contributed by atoms with Gasteiger partial charge in [-0.3, -0.25) is 4.79 Å². The van der Waals surface area contributed by atoms with Crippen molar-refractivity contribution in [3.8, 4) is 0 Å². The molecule has 0 unspecified atom stereocenters. The Morgan fingerprint density at radius 1 is 1.00 bits per heavy atom. The van der Waals surface area contributed by atoms with E-state index in [1.54, 1.807) is 0 Å². The number of rotatable bonds is 8. The molecule has 5 nitrogen and oxygen atoms in total. The maximum atomic E-state index is 12.3. The number of nitrogens with one attached hydrogen (secondary N) is 1. The summed E-state index contributed by atoms with van der Waals surface area (Å²) in [6.07, 6.45) is 11.9. The van der Waals surface area contributed by atoms with Gasteiger partial charge in [-0.15, -0.1) is 0 Å². The van der Waals surface area contributed by atoms with E-state index in [9.17, 15) is 15.0 Å². The Morgan fingerprint density at radius 3 is 2.48 bits per heavy atom.